The van der Waals surface area contributed by atoms with E-state index in [0.717, 1.165) is 0 Å². The summed E-state index contributed by atoms with van der Waals surface area (Å²) in [6, 6.07) is 0. The molecule has 1 aliphatic rings. The van der Waals surface area contributed by atoms with Crippen LogP contribution in [0.15, 0.2) is 0 Å². The molecule has 0 aromatic heterocycles. The lowest BCUT2D eigenvalue weighted by atomic mass is 9.74. The van der Waals surface area contributed by atoms with Gasteiger partial charge in [-0.15, -0.1) is 0 Å². The Morgan fingerprint density at radius 2 is 2.27 bits per heavy atom. The van der Waals surface area contributed by atoms with E-state index in [1.165, 1.54) is 7.11 Å². The van der Waals surface area contributed by atoms with Crippen LogP contribution in [0.1, 0.15) is 12.8 Å². The van der Waals surface area contributed by atoms with E-state index in [-0.39, 0.29) is 12.1 Å². The average molecular weight is 159 g/mol. The Hall–Kier alpha value is -0.610. The molecule has 1 rings (SSSR count). The molecule has 0 aromatic carbocycles. The molecule has 64 valence electrons. The smallest absolute Gasteiger partial charge is 0.326 e. The van der Waals surface area contributed by atoms with Gasteiger partial charge in [-0.2, -0.15) is 0 Å². The van der Waals surface area contributed by atoms with E-state index < -0.39 is 5.54 Å². The van der Waals surface area contributed by atoms with Crippen molar-refractivity contribution in [3.8, 4) is 0 Å². The molecular weight excluding hydrogens is 146 g/mol. The first kappa shape index (κ1) is 8.49. The van der Waals surface area contributed by atoms with E-state index in [1.807, 2.05) is 0 Å². The zero-order chi connectivity index (χ0) is 8.48. The van der Waals surface area contributed by atoms with E-state index in [9.17, 15) is 4.79 Å². The fraction of sp³-hybridized carbons (Fsp3) is 0.857. The largest absolute Gasteiger partial charge is 0.468 e. The molecule has 1 aliphatic carbocycles. The number of hydrogen-bond acceptors (Lipinski definition) is 4. The summed E-state index contributed by atoms with van der Waals surface area (Å²) in [5, 5.41) is 11.9. The van der Waals surface area contributed by atoms with Gasteiger partial charge in [-0.05, 0) is 7.05 Å². The van der Waals surface area contributed by atoms with Crippen molar-refractivity contribution >= 4 is 5.97 Å². The summed E-state index contributed by atoms with van der Waals surface area (Å²) in [6.45, 7) is 0. The Bertz CT molecular complexity index is 163. The lowest BCUT2D eigenvalue weighted by Gasteiger charge is -2.42. The average Bonchev–Trinajstić information content (AvgIpc) is 1.96. The van der Waals surface area contributed by atoms with Crippen molar-refractivity contribution in [1.82, 2.24) is 5.32 Å². The third kappa shape index (κ3) is 1.23. The number of methoxy groups -OCH3 is 1. The molecule has 1 saturated carbocycles. The van der Waals surface area contributed by atoms with Crippen LogP contribution in [0, 0.1) is 0 Å². The van der Waals surface area contributed by atoms with Gasteiger partial charge in [-0.1, -0.05) is 0 Å². The molecule has 0 heterocycles. The maximum absolute atomic E-state index is 11.1. The number of rotatable bonds is 2. The lowest BCUT2D eigenvalue weighted by Crippen LogP contribution is -2.62. The summed E-state index contributed by atoms with van der Waals surface area (Å²) < 4.78 is 4.58. The number of carbonyl (C=O) groups excluding carboxylic acids is 1. The number of aliphatic hydroxyl groups excluding tert-OH is 1. The zero-order valence-electron chi connectivity index (χ0n) is 6.76. The number of esters is 1. The fourth-order valence-corrected chi connectivity index (χ4v) is 1.41. The van der Waals surface area contributed by atoms with Crippen molar-refractivity contribution in [3.63, 3.8) is 0 Å². The predicted molar refractivity (Wildman–Crippen MR) is 39.0 cm³/mol. The Kier molecular flexibility index (Phi) is 2.15. The van der Waals surface area contributed by atoms with Gasteiger partial charge in [-0.25, -0.2) is 0 Å². The van der Waals surface area contributed by atoms with Gasteiger partial charge in [0.1, 0.15) is 5.54 Å². The lowest BCUT2D eigenvalue weighted by molar-refractivity contribution is -0.158. The summed E-state index contributed by atoms with van der Waals surface area (Å²) in [7, 11) is 3.05. The highest BCUT2D eigenvalue weighted by Crippen LogP contribution is 2.32. The fourth-order valence-electron chi connectivity index (χ4n) is 1.41. The van der Waals surface area contributed by atoms with Crippen molar-refractivity contribution in [2.45, 2.75) is 24.5 Å². The molecule has 2 N–H and O–H groups in total. The van der Waals surface area contributed by atoms with Crippen LogP contribution in [-0.2, 0) is 9.53 Å². The highest BCUT2D eigenvalue weighted by atomic mass is 16.5. The van der Waals surface area contributed by atoms with Crippen LogP contribution in [0.5, 0.6) is 0 Å². The summed E-state index contributed by atoms with van der Waals surface area (Å²) >= 11 is 0. The highest BCUT2D eigenvalue weighted by molar-refractivity contribution is 5.82. The van der Waals surface area contributed by atoms with Crippen LogP contribution < -0.4 is 5.32 Å². The number of ether oxygens (including phenoxy) is 1. The monoisotopic (exact) mass is 159 g/mol. The molecule has 0 amide bonds. The molecular formula is C7H13NO3. The van der Waals surface area contributed by atoms with Crippen LogP contribution in [0.2, 0.25) is 0 Å². The van der Waals surface area contributed by atoms with Gasteiger partial charge < -0.3 is 15.2 Å². The molecule has 0 unspecified atom stereocenters. The maximum Gasteiger partial charge on any atom is 0.326 e. The minimum atomic E-state index is -0.617. The van der Waals surface area contributed by atoms with Gasteiger partial charge in [0.2, 0.25) is 0 Å². The molecule has 4 nitrogen and oxygen atoms in total. The molecule has 0 spiro atoms. The van der Waals surface area contributed by atoms with Crippen molar-refractivity contribution in [3.05, 3.63) is 0 Å². The molecule has 0 aliphatic heterocycles. The first-order valence-corrected chi connectivity index (χ1v) is 3.60. The first-order chi connectivity index (χ1) is 5.14. The Labute approximate surface area is 65.5 Å². The quantitative estimate of drug-likeness (QED) is 0.522. The molecule has 11 heavy (non-hydrogen) atoms. The SMILES string of the molecule is CNC1(C(=O)OC)CC(O)C1. The standard InChI is InChI=1S/C7H13NO3/c1-8-7(6(10)11-2)3-5(9)4-7/h5,8-9H,3-4H2,1-2H3. The van der Waals surface area contributed by atoms with Crippen molar-refractivity contribution in [2.24, 2.45) is 0 Å². The second-order valence-electron chi connectivity index (χ2n) is 2.89. The molecule has 1 fully saturated rings. The van der Waals surface area contributed by atoms with E-state index >= 15 is 0 Å². The van der Waals surface area contributed by atoms with Crippen molar-refractivity contribution < 1.29 is 14.6 Å². The van der Waals surface area contributed by atoms with E-state index in [4.69, 9.17) is 5.11 Å². The molecule has 0 radical (unpaired) electrons. The topological polar surface area (TPSA) is 58.6 Å². The molecule has 0 bridgehead atoms. The van der Waals surface area contributed by atoms with Gasteiger partial charge in [0.05, 0.1) is 13.2 Å². The molecule has 4 heteroatoms. The second kappa shape index (κ2) is 2.79. The van der Waals surface area contributed by atoms with Crippen LogP contribution in [0.3, 0.4) is 0 Å². The predicted octanol–water partition coefficient (Wildman–Crippen LogP) is -0.728. The number of hydrogen-bond donors (Lipinski definition) is 2. The van der Waals surface area contributed by atoms with Gasteiger partial charge in [0.25, 0.3) is 0 Å². The van der Waals surface area contributed by atoms with Gasteiger partial charge >= 0.3 is 5.97 Å². The summed E-state index contributed by atoms with van der Waals surface area (Å²) in [5.41, 5.74) is -0.617. The third-order valence-corrected chi connectivity index (χ3v) is 2.22. The van der Waals surface area contributed by atoms with Crippen LogP contribution >= 0.6 is 0 Å². The van der Waals surface area contributed by atoms with Crippen molar-refractivity contribution in [1.29, 1.82) is 0 Å². The van der Waals surface area contributed by atoms with Gasteiger partial charge in [-0.3, -0.25) is 4.79 Å². The highest BCUT2D eigenvalue weighted by Gasteiger charge is 2.49. The summed E-state index contributed by atoms with van der Waals surface area (Å²) in [6.07, 6.45) is 0.549. The zero-order valence-corrected chi connectivity index (χ0v) is 6.76. The Morgan fingerprint density at radius 3 is 2.55 bits per heavy atom. The van der Waals surface area contributed by atoms with Crippen LogP contribution in [0.25, 0.3) is 0 Å². The van der Waals surface area contributed by atoms with Gasteiger partial charge in [0.15, 0.2) is 0 Å². The second-order valence-corrected chi connectivity index (χ2v) is 2.89. The Morgan fingerprint density at radius 1 is 1.73 bits per heavy atom. The Balaban J connectivity index is 2.57. The molecule has 0 saturated heterocycles. The minimum absolute atomic E-state index is 0.287. The number of nitrogens with one attached hydrogen (secondary N) is 1. The summed E-state index contributed by atoms with van der Waals surface area (Å²) in [5.74, 6) is -0.287. The molecule has 0 aromatic rings. The number of aliphatic hydroxyl groups is 1. The first-order valence-electron chi connectivity index (χ1n) is 3.60. The van der Waals surface area contributed by atoms with Crippen molar-refractivity contribution in [2.75, 3.05) is 14.2 Å². The maximum atomic E-state index is 11.1. The normalized spacial score (nSPS) is 36.1. The van der Waals surface area contributed by atoms with E-state index in [2.05, 4.69) is 10.1 Å². The minimum Gasteiger partial charge on any atom is -0.468 e. The third-order valence-electron chi connectivity index (χ3n) is 2.22. The van der Waals surface area contributed by atoms with Gasteiger partial charge in [0, 0.05) is 12.8 Å². The summed E-state index contributed by atoms with van der Waals surface area (Å²) in [4.78, 5) is 11.1. The van der Waals surface area contributed by atoms with Crippen LogP contribution in [-0.4, -0.2) is 36.9 Å². The number of carbonyl (C=O) groups is 1. The van der Waals surface area contributed by atoms with E-state index in [1.54, 1.807) is 7.05 Å². The van der Waals surface area contributed by atoms with E-state index in [0.29, 0.717) is 12.8 Å². The molecule has 0 atom stereocenters. The number of likely N-dealkylation sites (N-methyl/N-ethyl adjacent to an activating group) is 1. The van der Waals surface area contributed by atoms with Crippen LogP contribution in [0.4, 0.5) is 0 Å².